The molecule has 35 heavy (non-hydrogen) atoms. The van der Waals surface area contributed by atoms with Gasteiger partial charge in [0, 0.05) is 11.1 Å². The van der Waals surface area contributed by atoms with Gasteiger partial charge in [-0.3, -0.25) is 10.2 Å². The molecule has 0 bridgehead atoms. The maximum absolute atomic E-state index is 13.4. The Morgan fingerprint density at radius 2 is 1.80 bits per heavy atom. The van der Waals surface area contributed by atoms with Crippen molar-refractivity contribution in [3.63, 3.8) is 0 Å². The van der Waals surface area contributed by atoms with E-state index in [2.05, 4.69) is 31.6 Å². The maximum Gasteiger partial charge on any atom is 0.333 e. The molecule has 1 atom stereocenters. The van der Waals surface area contributed by atoms with E-state index in [9.17, 15) is 14.0 Å². The van der Waals surface area contributed by atoms with Gasteiger partial charge in [-0.2, -0.15) is 4.80 Å². The van der Waals surface area contributed by atoms with Crippen LogP contribution in [-0.2, 0) is 13.0 Å². The van der Waals surface area contributed by atoms with Gasteiger partial charge < -0.3 is 5.32 Å². The molecule has 9 nitrogen and oxygen atoms in total. The number of benzene rings is 3. The summed E-state index contributed by atoms with van der Waals surface area (Å²) in [5.74, 6) is -0.202. The highest BCUT2D eigenvalue weighted by Crippen LogP contribution is 2.31. The van der Waals surface area contributed by atoms with Crippen LogP contribution in [0.4, 0.5) is 9.18 Å². The van der Waals surface area contributed by atoms with E-state index < -0.39 is 11.9 Å². The first kappa shape index (κ1) is 22.2. The van der Waals surface area contributed by atoms with Crippen molar-refractivity contribution in [1.82, 2.24) is 36.4 Å². The van der Waals surface area contributed by atoms with Crippen LogP contribution in [0.1, 0.15) is 39.5 Å². The number of hydrazine groups is 1. The fourth-order valence-electron chi connectivity index (χ4n) is 4.05. The molecule has 1 aliphatic carbocycles. The molecule has 0 fully saturated rings. The molecule has 0 spiro atoms. The minimum Gasteiger partial charge on any atom is -0.330 e. The number of nitrogens with one attached hydrogen (secondary N) is 3. The fourth-order valence-corrected chi connectivity index (χ4v) is 4.05. The number of tetrazole rings is 1. The van der Waals surface area contributed by atoms with E-state index in [1.165, 1.54) is 16.9 Å². The second-order valence-electron chi connectivity index (χ2n) is 8.19. The average molecular weight is 471 g/mol. The van der Waals surface area contributed by atoms with Gasteiger partial charge in [-0.1, -0.05) is 48.5 Å². The van der Waals surface area contributed by atoms with Gasteiger partial charge in [0.15, 0.2) is 0 Å². The van der Waals surface area contributed by atoms with Crippen LogP contribution in [0.2, 0.25) is 0 Å². The number of halogens is 1. The molecule has 1 aromatic heterocycles. The average Bonchev–Trinajstić information content (AvgIpc) is 3.50. The molecular formula is C25H22FN7O2. The van der Waals surface area contributed by atoms with Crippen molar-refractivity contribution in [1.29, 1.82) is 0 Å². The summed E-state index contributed by atoms with van der Waals surface area (Å²) in [6, 6.07) is 20.2. The van der Waals surface area contributed by atoms with E-state index in [0.29, 0.717) is 30.8 Å². The number of aryl methyl sites for hydroxylation is 1. The second kappa shape index (κ2) is 9.72. The highest BCUT2D eigenvalue weighted by molar-refractivity contribution is 5.95. The van der Waals surface area contributed by atoms with Crippen molar-refractivity contribution in [3.8, 4) is 11.4 Å². The first-order valence-electron chi connectivity index (χ1n) is 11.1. The Hall–Kier alpha value is -4.60. The fraction of sp³-hybridized carbons (Fsp3) is 0.160. The highest BCUT2D eigenvalue weighted by atomic mass is 19.1. The number of rotatable bonds is 5. The summed E-state index contributed by atoms with van der Waals surface area (Å²) in [7, 11) is 0. The molecule has 3 aromatic carbocycles. The van der Waals surface area contributed by atoms with Crippen LogP contribution in [0.15, 0.2) is 72.8 Å². The summed E-state index contributed by atoms with van der Waals surface area (Å²) in [4.78, 5) is 26.1. The van der Waals surface area contributed by atoms with Crippen molar-refractivity contribution < 1.29 is 14.0 Å². The zero-order chi connectivity index (χ0) is 24.2. The Labute approximate surface area is 200 Å². The standard InChI is InChI=1S/C25H22FN7O2/c26-20-11-12-21-19(14-20)10-13-22(21)27-25(35)30-29-24(34)18-8-6-16(7-9-18)15-33-31-23(28-32-33)17-4-2-1-3-5-17/h1-9,11-12,14,22H,10,13,15H2,(H,29,34)(H2,27,30,35). The molecule has 1 heterocycles. The van der Waals surface area contributed by atoms with Gasteiger partial charge in [0.05, 0.1) is 12.6 Å². The van der Waals surface area contributed by atoms with Gasteiger partial charge in [0.2, 0.25) is 5.82 Å². The number of carbonyl (C=O) groups excluding carboxylic acids is 2. The van der Waals surface area contributed by atoms with Crippen LogP contribution in [0, 0.1) is 5.82 Å². The van der Waals surface area contributed by atoms with E-state index in [-0.39, 0.29) is 11.9 Å². The number of fused-ring (bicyclic) bond motifs is 1. The normalized spacial score (nSPS) is 14.3. The molecule has 176 valence electrons. The molecule has 4 aromatic rings. The number of hydrogen-bond donors (Lipinski definition) is 3. The number of urea groups is 1. The lowest BCUT2D eigenvalue weighted by atomic mass is 10.1. The largest absolute Gasteiger partial charge is 0.333 e. The summed E-state index contributed by atoms with van der Waals surface area (Å²) in [5.41, 5.74) is 8.69. The van der Waals surface area contributed by atoms with Crippen LogP contribution < -0.4 is 16.2 Å². The van der Waals surface area contributed by atoms with Crippen molar-refractivity contribution in [3.05, 3.63) is 101 Å². The van der Waals surface area contributed by atoms with Gasteiger partial charge in [-0.05, 0) is 59.0 Å². The van der Waals surface area contributed by atoms with E-state index >= 15 is 0 Å². The van der Waals surface area contributed by atoms with Gasteiger partial charge in [-0.15, -0.1) is 10.2 Å². The lowest BCUT2D eigenvalue weighted by molar-refractivity contribution is 0.0936. The Morgan fingerprint density at radius 3 is 2.60 bits per heavy atom. The minimum absolute atomic E-state index is 0.227. The van der Waals surface area contributed by atoms with E-state index in [1.807, 2.05) is 30.3 Å². The highest BCUT2D eigenvalue weighted by Gasteiger charge is 2.24. The summed E-state index contributed by atoms with van der Waals surface area (Å²) >= 11 is 0. The molecule has 5 rings (SSSR count). The van der Waals surface area contributed by atoms with Crippen LogP contribution in [0.5, 0.6) is 0 Å². The molecule has 3 amide bonds. The molecule has 1 aliphatic rings. The Balaban J connectivity index is 1.12. The number of hydrogen-bond acceptors (Lipinski definition) is 5. The molecule has 0 aliphatic heterocycles. The Kier molecular flexibility index (Phi) is 6.16. The van der Waals surface area contributed by atoms with Crippen LogP contribution >= 0.6 is 0 Å². The minimum atomic E-state index is -0.538. The summed E-state index contributed by atoms with van der Waals surface area (Å²) in [5, 5.41) is 15.3. The van der Waals surface area contributed by atoms with Gasteiger partial charge >= 0.3 is 6.03 Å². The molecule has 0 saturated carbocycles. The third-order valence-electron chi connectivity index (χ3n) is 5.80. The summed E-state index contributed by atoms with van der Waals surface area (Å²) in [6.45, 7) is 0.398. The third kappa shape index (κ3) is 5.16. The maximum atomic E-state index is 13.4. The molecule has 10 heteroatoms. The van der Waals surface area contributed by atoms with Crippen LogP contribution in [-0.4, -0.2) is 32.1 Å². The van der Waals surface area contributed by atoms with E-state index in [1.54, 1.807) is 30.3 Å². The van der Waals surface area contributed by atoms with Crippen LogP contribution in [0.25, 0.3) is 11.4 Å². The first-order valence-corrected chi connectivity index (χ1v) is 11.1. The predicted molar refractivity (Wildman–Crippen MR) is 125 cm³/mol. The zero-order valence-corrected chi connectivity index (χ0v) is 18.6. The van der Waals surface area contributed by atoms with Crippen molar-refractivity contribution in [2.45, 2.75) is 25.4 Å². The second-order valence-corrected chi connectivity index (χ2v) is 8.19. The number of carbonyl (C=O) groups is 2. The van der Waals surface area contributed by atoms with Crippen LogP contribution in [0.3, 0.4) is 0 Å². The molecular weight excluding hydrogens is 449 g/mol. The SMILES string of the molecule is O=C(NNC(=O)c1ccc(Cn2nnc(-c3ccccc3)n2)cc1)NC1CCc2cc(F)ccc21. The van der Waals surface area contributed by atoms with E-state index in [4.69, 9.17) is 0 Å². The Morgan fingerprint density at radius 1 is 1.00 bits per heavy atom. The monoisotopic (exact) mass is 471 g/mol. The van der Waals surface area contributed by atoms with E-state index in [0.717, 1.165) is 22.3 Å². The van der Waals surface area contributed by atoms with Gasteiger partial charge in [0.25, 0.3) is 5.91 Å². The molecule has 0 radical (unpaired) electrons. The van der Waals surface area contributed by atoms with Gasteiger partial charge in [-0.25, -0.2) is 14.6 Å². The molecule has 1 unspecified atom stereocenters. The molecule has 0 saturated heterocycles. The lowest BCUT2D eigenvalue weighted by Crippen LogP contribution is -2.47. The zero-order valence-electron chi connectivity index (χ0n) is 18.6. The van der Waals surface area contributed by atoms with Crippen molar-refractivity contribution in [2.75, 3.05) is 0 Å². The predicted octanol–water partition coefficient (Wildman–Crippen LogP) is 3.16. The van der Waals surface area contributed by atoms with Crippen molar-refractivity contribution in [2.24, 2.45) is 0 Å². The van der Waals surface area contributed by atoms with Gasteiger partial charge in [0.1, 0.15) is 5.82 Å². The molecule has 3 N–H and O–H groups in total. The smallest absolute Gasteiger partial charge is 0.330 e. The lowest BCUT2D eigenvalue weighted by Gasteiger charge is -2.15. The Bertz CT molecular complexity index is 1360. The number of aromatic nitrogens is 4. The number of amides is 3. The first-order chi connectivity index (χ1) is 17.0. The summed E-state index contributed by atoms with van der Waals surface area (Å²) in [6.07, 6.45) is 1.36. The topological polar surface area (TPSA) is 114 Å². The quantitative estimate of drug-likeness (QED) is 0.387. The number of nitrogens with zero attached hydrogens (tertiary/aromatic N) is 4. The van der Waals surface area contributed by atoms with Crippen molar-refractivity contribution >= 4 is 11.9 Å². The summed E-state index contributed by atoms with van der Waals surface area (Å²) < 4.78 is 13.4. The third-order valence-corrected chi connectivity index (χ3v) is 5.80.